The minimum absolute atomic E-state index is 0.0331. The van der Waals surface area contributed by atoms with Gasteiger partial charge in [-0.25, -0.2) is 8.42 Å². The minimum Gasteiger partial charge on any atom is -0.548 e. The third-order valence-corrected chi connectivity index (χ3v) is 4.89. The van der Waals surface area contributed by atoms with E-state index in [-0.39, 0.29) is 17.2 Å². The van der Waals surface area contributed by atoms with Crippen molar-refractivity contribution in [3.63, 3.8) is 0 Å². The Bertz CT molecular complexity index is 876. The molecule has 2 aromatic rings. The van der Waals surface area contributed by atoms with Gasteiger partial charge >= 0.3 is 0 Å². The summed E-state index contributed by atoms with van der Waals surface area (Å²) in [6.07, 6.45) is 0.122. The zero-order valence-electron chi connectivity index (χ0n) is 12.0. The topological polar surface area (TPSA) is 98.7 Å². The monoisotopic (exact) mass is 329 g/mol. The van der Waals surface area contributed by atoms with Gasteiger partial charge < -0.3 is 9.90 Å². The smallest absolute Gasteiger partial charge is 0.263 e. The number of fused-ring (bicyclic) bond motifs is 1. The lowest BCUT2D eigenvalue weighted by Gasteiger charge is -2.14. The summed E-state index contributed by atoms with van der Waals surface area (Å²) in [4.78, 5) is 15.5. The molecule has 1 heterocycles. The van der Waals surface area contributed by atoms with Gasteiger partial charge in [0.2, 0.25) is 0 Å². The van der Waals surface area contributed by atoms with Crippen molar-refractivity contribution >= 4 is 21.8 Å². The van der Waals surface area contributed by atoms with E-state index in [1.54, 1.807) is 42.5 Å². The van der Waals surface area contributed by atoms with Crippen LogP contribution in [0.15, 0.2) is 64.5 Å². The van der Waals surface area contributed by atoms with Crippen molar-refractivity contribution in [3.8, 4) is 0 Å². The fourth-order valence-electron chi connectivity index (χ4n) is 2.40. The number of aliphatic carboxylic acids is 1. The lowest BCUT2D eigenvalue weighted by Crippen LogP contribution is -2.37. The van der Waals surface area contributed by atoms with Crippen LogP contribution in [0, 0.1) is 0 Å². The van der Waals surface area contributed by atoms with Crippen LogP contribution in [-0.2, 0) is 21.2 Å². The van der Waals surface area contributed by atoms with Crippen LogP contribution in [0.5, 0.6) is 0 Å². The average Bonchev–Trinajstić information content (AvgIpc) is 2.79. The molecular weight excluding hydrogens is 316 g/mol. The number of carbonyl (C=O) groups excluding carboxylic acids is 1. The van der Waals surface area contributed by atoms with Crippen molar-refractivity contribution in [3.05, 3.63) is 65.7 Å². The SMILES string of the molecule is O=C([O-])[C@@H](Cc1ccccc1)N=C1NS(=O)(=O)c2ccccc21. The predicted octanol–water partition coefficient (Wildman–Crippen LogP) is 0.0863. The quantitative estimate of drug-likeness (QED) is 0.859. The Morgan fingerprint density at radius 1 is 1.09 bits per heavy atom. The second-order valence-corrected chi connectivity index (χ2v) is 6.75. The molecule has 0 radical (unpaired) electrons. The van der Waals surface area contributed by atoms with Crippen molar-refractivity contribution in [2.75, 3.05) is 0 Å². The number of nitrogens with one attached hydrogen (secondary N) is 1. The summed E-state index contributed by atoms with van der Waals surface area (Å²) < 4.78 is 26.3. The van der Waals surface area contributed by atoms with Crippen LogP contribution in [0.2, 0.25) is 0 Å². The van der Waals surface area contributed by atoms with Crippen LogP contribution in [0.4, 0.5) is 0 Å². The van der Waals surface area contributed by atoms with Crippen LogP contribution in [0.25, 0.3) is 0 Å². The summed E-state index contributed by atoms with van der Waals surface area (Å²) in [5, 5.41) is 11.4. The first-order valence-corrected chi connectivity index (χ1v) is 8.40. The Hall–Kier alpha value is -2.67. The van der Waals surface area contributed by atoms with Crippen molar-refractivity contribution < 1.29 is 18.3 Å². The fourth-order valence-corrected chi connectivity index (χ4v) is 3.64. The highest BCUT2D eigenvalue weighted by molar-refractivity contribution is 7.90. The summed E-state index contributed by atoms with van der Waals surface area (Å²) in [5.41, 5.74) is 1.15. The van der Waals surface area contributed by atoms with Crippen molar-refractivity contribution in [1.82, 2.24) is 4.72 Å². The van der Waals surface area contributed by atoms with Crippen LogP contribution in [0.1, 0.15) is 11.1 Å². The standard InChI is InChI=1S/C16H14N2O4S/c19-16(20)13(10-11-6-2-1-3-7-11)17-15-12-8-4-5-9-14(12)23(21,22)18-15/h1-9,13H,10H2,(H,17,18)(H,19,20)/p-1/t13-/m1/s1. The Balaban J connectivity index is 1.97. The van der Waals surface area contributed by atoms with Crippen molar-refractivity contribution in [2.24, 2.45) is 4.99 Å². The number of aliphatic imine (C=N–C) groups is 1. The van der Waals surface area contributed by atoms with Crippen LogP contribution < -0.4 is 9.83 Å². The Morgan fingerprint density at radius 3 is 2.43 bits per heavy atom. The van der Waals surface area contributed by atoms with E-state index in [0.717, 1.165) is 5.56 Å². The molecule has 0 saturated heterocycles. The number of sulfonamides is 1. The molecule has 23 heavy (non-hydrogen) atoms. The van der Waals surface area contributed by atoms with Gasteiger partial charge in [0.25, 0.3) is 10.0 Å². The van der Waals surface area contributed by atoms with E-state index in [1.807, 2.05) is 6.07 Å². The third kappa shape index (κ3) is 3.09. The summed E-state index contributed by atoms with van der Waals surface area (Å²) in [7, 11) is -3.69. The number of benzene rings is 2. The van der Waals surface area contributed by atoms with Gasteiger partial charge in [-0.05, 0) is 17.7 Å². The maximum Gasteiger partial charge on any atom is 0.263 e. The molecule has 7 heteroatoms. The molecule has 0 fully saturated rings. The van der Waals surface area contributed by atoms with Crippen LogP contribution in [-0.4, -0.2) is 26.3 Å². The molecule has 0 aliphatic carbocycles. The maximum absolute atomic E-state index is 12.0. The van der Waals surface area contributed by atoms with E-state index in [2.05, 4.69) is 9.71 Å². The normalized spacial score (nSPS) is 18.2. The largest absolute Gasteiger partial charge is 0.548 e. The highest BCUT2D eigenvalue weighted by Crippen LogP contribution is 2.22. The lowest BCUT2D eigenvalue weighted by molar-refractivity contribution is -0.307. The molecule has 0 amide bonds. The van der Waals surface area contributed by atoms with Gasteiger partial charge in [-0.1, -0.05) is 42.5 Å². The molecule has 0 saturated carbocycles. The first kappa shape index (κ1) is 15.2. The van der Waals surface area contributed by atoms with E-state index in [1.165, 1.54) is 6.07 Å². The van der Waals surface area contributed by atoms with Gasteiger partial charge in [0.1, 0.15) is 5.84 Å². The average molecular weight is 329 g/mol. The fraction of sp³-hybridized carbons (Fsp3) is 0.125. The summed E-state index contributed by atoms with van der Waals surface area (Å²) in [5.74, 6) is -1.32. The van der Waals surface area contributed by atoms with Gasteiger partial charge in [-0.15, -0.1) is 0 Å². The molecule has 1 aliphatic heterocycles. The second-order valence-electron chi connectivity index (χ2n) is 5.10. The molecule has 2 aromatic carbocycles. The second kappa shape index (κ2) is 5.85. The molecule has 6 nitrogen and oxygen atoms in total. The Morgan fingerprint density at radius 2 is 1.74 bits per heavy atom. The third-order valence-electron chi connectivity index (χ3n) is 3.49. The molecule has 1 N–H and O–H groups in total. The first-order chi connectivity index (χ1) is 11.0. The molecule has 3 rings (SSSR count). The molecule has 0 aromatic heterocycles. The van der Waals surface area contributed by atoms with Crippen LogP contribution in [0.3, 0.4) is 0 Å². The van der Waals surface area contributed by atoms with E-state index < -0.39 is 22.0 Å². The van der Waals surface area contributed by atoms with E-state index in [4.69, 9.17) is 0 Å². The van der Waals surface area contributed by atoms with E-state index in [0.29, 0.717) is 5.56 Å². The number of amidine groups is 1. The number of rotatable bonds is 4. The van der Waals surface area contributed by atoms with Crippen molar-refractivity contribution in [2.45, 2.75) is 17.4 Å². The molecule has 0 unspecified atom stereocenters. The molecule has 1 aliphatic rings. The van der Waals surface area contributed by atoms with Gasteiger partial charge in [-0.2, -0.15) is 0 Å². The molecular formula is C16H13N2O4S-. The molecule has 118 valence electrons. The predicted molar refractivity (Wildman–Crippen MR) is 82.2 cm³/mol. The van der Waals surface area contributed by atoms with Gasteiger partial charge in [0.05, 0.1) is 16.9 Å². The zero-order chi connectivity index (χ0) is 16.4. The van der Waals surface area contributed by atoms with Gasteiger partial charge in [-0.3, -0.25) is 9.71 Å². The zero-order valence-corrected chi connectivity index (χ0v) is 12.8. The highest BCUT2D eigenvalue weighted by atomic mass is 32.2. The number of carboxylic acids is 1. The van der Waals surface area contributed by atoms with Gasteiger partial charge in [0, 0.05) is 12.0 Å². The van der Waals surface area contributed by atoms with E-state index >= 15 is 0 Å². The van der Waals surface area contributed by atoms with E-state index in [9.17, 15) is 18.3 Å². The lowest BCUT2D eigenvalue weighted by atomic mass is 10.1. The number of carboxylic acid groups (broad SMARTS) is 1. The first-order valence-electron chi connectivity index (χ1n) is 6.92. The minimum atomic E-state index is -3.69. The number of nitrogens with zero attached hydrogens (tertiary/aromatic N) is 1. The number of carbonyl (C=O) groups is 1. The van der Waals surface area contributed by atoms with Gasteiger partial charge in [0.15, 0.2) is 0 Å². The number of hydrogen-bond acceptors (Lipinski definition) is 5. The van der Waals surface area contributed by atoms with Crippen LogP contribution >= 0.6 is 0 Å². The maximum atomic E-state index is 12.0. The summed E-state index contributed by atoms with van der Waals surface area (Å²) in [6.45, 7) is 0. The molecule has 1 atom stereocenters. The molecule has 0 bridgehead atoms. The Labute approximate surface area is 133 Å². The van der Waals surface area contributed by atoms with Crippen molar-refractivity contribution in [1.29, 1.82) is 0 Å². The number of hydrogen-bond donors (Lipinski definition) is 1. The highest BCUT2D eigenvalue weighted by Gasteiger charge is 2.30. The summed E-state index contributed by atoms with van der Waals surface area (Å²) >= 11 is 0. The summed E-state index contributed by atoms with van der Waals surface area (Å²) in [6, 6.07) is 14.1. The Kier molecular flexibility index (Phi) is 3.87. The molecule has 0 spiro atoms.